The van der Waals surface area contributed by atoms with Gasteiger partial charge in [0.2, 0.25) is 0 Å². The van der Waals surface area contributed by atoms with Crippen LogP contribution in [0.15, 0.2) is 72.6 Å². The zero-order valence-electron chi connectivity index (χ0n) is 8.33. The van der Waals surface area contributed by atoms with Crippen molar-refractivity contribution in [2.24, 2.45) is 4.53 Å². The van der Waals surface area contributed by atoms with Gasteiger partial charge in [-0.15, -0.1) is 4.53 Å². The van der Waals surface area contributed by atoms with Crippen LogP contribution in [0.4, 0.5) is 0 Å². The Balaban J connectivity index is 2.28. The normalized spacial score (nSPS) is 14.1. The maximum absolute atomic E-state index is 9.21. The first-order valence-electron chi connectivity index (χ1n) is 4.85. The van der Waals surface area contributed by atoms with E-state index in [1.165, 1.54) is 9.79 Å². The Labute approximate surface area is 100 Å². The molecule has 80 valence electrons. The number of benzene rings is 2. The largest absolute Gasteiger partial charge is 0.261 e. The van der Waals surface area contributed by atoms with Gasteiger partial charge in [-0.1, -0.05) is 36.0 Å². The molecule has 1 aliphatic rings. The summed E-state index contributed by atoms with van der Waals surface area (Å²) in [5.74, 6) is 0. The summed E-state index contributed by atoms with van der Waals surface area (Å²) in [5, 5.41) is 9.21. The third-order valence-electron chi connectivity index (χ3n) is 2.42. The molecular formula is C12H9NOS2. The Morgan fingerprint density at radius 3 is 1.88 bits per heavy atom. The minimum absolute atomic E-state index is 0.542. The fraction of sp³-hybridized carbons (Fsp3) is 0. The van der Waals surface area contributed by atoms with E-state index in [2.05, 4.69) is 16.7 Å². The summed E-state index contributed by atoms with van der Waals surface area (Å²) in [6, 6.07) is 16.2. The van der Waals surface area contributed by atoms with Crippen LogP contribution < -0.4 is 0 Å². The van der Waals surface area contributed by atoms with Crippen molar-refractivity contribution in [1.82, 2.24) is 0 Å². The lowest BCUT2D eigenvalue weighted by Gasteiger charge is -2.20. The molecule has 0 spiro atoms. The number of rotatable bonds is 0. The summed E-state index contributed by atoms with van der Waals surface area (Å²) in [5.41, 5.74) is 0. The Morgan fingerprint density at radius 1 is 0.875 bits per heavy atom. The van der Waals surface area contributed by atoms with Gasteiger partial charge in [-0.3, -0.25) is 5.21 Å². The molecule has 3 rings (SSSR count). The average molecular weight is 247 g/mol. The predicted octanol–water partition coefficient (Wildman–Crippen LogP) is 3.76. The molecule has 1 N–H and O–H groups in total. The molecule has 0 atom stereocenters. The minimum Gasteiger partial charge on any atom is -0.261 e. The molecule has 16 heavy (non-hydrogen) atoms. The van der Waals surface area contributed by atoms with E-state index in [0.717, 1.165) is 9.79 Å². The standard InChI is InChI=1S/C12H9NOS2/c14-13-16-11-7-3-1-5-9(11)15-10-6-2-4-8-12(10)16/h1-8,14H. The number of nitrogens with zero attached hydrogens (tertiary/aromatic N) is 1. The molecule has 0 unspecified atom stereocenters. The highest BCUT2D eigenvalue weighted by Crippen LogP contribution is 2.42. The second-order valence-electron chi connectivity index (χ2n) is 3.36. The van der Waals surface area contributed by atoms with E-state index in [4.69, 9.17) is 0 Å². The molecule has 1 aliphatic heterocycles. The van der Waals surface area contributed by atoms with Gasteiger partial charge in [-0.2, -0.15) is 0 Å². The zero-order chi connectivity index (χ0) is 11.0. The molecule has 0 aliphatic carbocycles. The molecule has 4 heteroatoms. The second-order valence-corrected chi connectivity index (χ2v) is 6.06. The van der Waals surface area contributed by atoms with E-state index < -0.39 is 10.7 Å². The van der Waals surface area contributed by atoms with Crippen LogP contribution in [0.5, 0.6) is 0 Å². The highest BCUT2D eigenvalue weighted by atomic mass is 32.2. The van der Waals surface area contributed by atoms with Gasteiger partial charge in [0, 0.05) is 19.6 Å². The molecule has 2 aromatic rings. The van der Waals surface area contributed by atoms with Crippen LogP contribution in [0, 0.1) is 0 Å². The van der Waals surface area contributed by atoms with Crippen molar-refractivity contribution in [3.05, 3.63) is 48.5 Å². The molecule has 0 saturated carbocycles. The Kier molecular flexibility index (Phi) is 2.55. The first-order chi connectivity index (χ1) is 7.90. The summed E-state index contributed by atoms with van der Waals surface area (Å²) >= 11 is 1.74. The lowest BCUT2D eigenvalue weighted by atomic mass is 10.3. The maximum Gasteiger partial charge on any atom is 0.0397 e. The Bertz CT molecular complexity index is 533. The van der Waals surface area contributed by atoms with Crippen LogP contribution in [0.3, 0.4) is 0 Å². The van der Waals surface area contributed by atoms with Crippen LogP contribution >= 0.6 is 11.8 Å². The number of hydrogen-bond donors (Lipinski definition) is 1. The van der Waals surface area contributed by atoms with Crippen LogP contribution in [0.2, 0.25) is 0 Å². The molecule has 0 amide bonds. The van der Waals surface area contributed by atoms with Crippen molar-refractivity contribution < 1.29 is 5.21 Å². The zero-order valence-corrected chi connectivity index (χ0v) is 9.96. The molecule has 0 radical (unpaired) electrons. The fourth-order valence-corrected chi connectivity index (χ4v) is 4.65. The van der Waals surface area contributed by atoms with Crippen LogP contribution in [0.25, 0.3) is 0 Å². The average Bonchev–Trinajstić information content (AvgIpc) is 2.36. The van der Waals surface area contributed by atoms with Gasteiger partial charge >= 0.3 is 0 Å². The summed E-state index contributed by atoms with van der Waals surface area (Å²) < 4.78 is 3.54. The molecule has 0 aromatic heterocycles. The van der Waals surface area contributed by atoms with Crippen molar-refractivity contribution in [3.8, 4) is 0 Å². The SMILES string of the molecule is ON=S1c2ccccc2Sc2ccccc21. The summed E-state index contributed by atoms with van der Waals surface area (Å²) in [4.78, 5) is 4.58. The number of fused-ring (bicyclic) bond motifs is 2. The van der Waals surface area contributed by atoms with Crippen LogP contribution in [-0.2, 0) is 10.7 Å². The van der Waals surface area contributed by atoms with Gasteiger partial charge in [-0.25, -0.2) is 0 Å². The van der Waals surface area contributed by atoms with Crippen molar-refractivity contribution in [1.29, 1.82) is 0 Å². The molecule has 0 saturated heterocycles. The van der Waals surface area contributed by atoms with Crippen molar-refractivity contribution >= 4 is 22.5 Å². The van der Waals surface area contributed by atoms with Crippen LogP contribution in [-0.4, -0.2) is 5.21 Å². The third kappa shape index (κ3) is 1.50. The van der Waals surface area contributed by atoms with Gasteiger partial charge in [0.15, 0.2) is 0 Å². The van der Waals surface area contributed by atoms with Gasteiger partial charge in [0.25, 0.3) is 0 Å². The lowest BCUT2D eigenvalue weighted by Crippen LogP contribution is -2.01. The second kappa shape index (κ2) is 4.05. The summed E-state index contributed by atoms with van der Waals surface area (Å²) in [6.45, 7) is 0. The molecule has 0 fully saturated rings. The fourth-order valence-electron chi connectivity index (χ4n) is 1.71. The topological polar surface area (TPSA) is 32.6 Å². The van der Waals surface area contributed by atoms with Gasteiger partial charge in [0.1, 0.15) is 0 Å². The van der Waals surface area contributed by atoms with Gasteiger partial charge in [-0.05, 0) is 35.0 Å². The molecule has 2 aromatic carbocycles. The Hall–Kier alpha value is -1.10. The van der Waals surface area contributed by atoms with E-state index in [9.17, 15) is 5.21 Å². The Morgan fingerprint density at radius 2 is 1.38 bits per heavy atom. The van der Waals surface area contributed by atoms with E-state index in [0.29, 0.717) is 0 Å². The van der Waals surface area contributed by atoms with Gasteiger partial charge in [0.05, 0.1) is 0 Å². The van der Waals surface area contributed by atoms with Crippen molar-refractivity contribution in [3.63, 3.8) is 0 Å². The molecular weight excluding hydrogens is 238 g/mol. The van der Waals surface area contributed by atoms with Crippen LogP contribution in [0.1, 0.15) is 0 Å². The van der Waals surface area contributed by atoms with E-state index in [1.54, 1.807) is 11.8 Å². The van der Waals surface area contributed by atoms with Crippen molar-refractivity contribution in [2.45, 2.75) is 19.6 Å². The monoisotopic (exact) mass is 247 g/mol. The number of hydrogen-bond acceptors (Lipinski definition) is 2. The highest BCUT2D eigenvalue weighted by molar-refractivity contribution is 8.01. The van der Waals surface area contributed by atoms with E-state index in [1.807, 2.05) is 36.4 Å². The first kappa shape index (κ1) is 10.1. The molecule has 2 nitrogen and oxygen atoms in total. The maximum atomic E-state index is 9.21. The third-order valence-corrected chi connectivity index (χ3v) is 5.54. The lowest BCUT2D eigenvalue weighted by molar-refractivity contribution is 0.328. The quantitative estimate of drug-likeness (QED) is 0.613. The smallest absolute Gasteiger partial charge is 0.0397 e. The predicted molar refractivity (Wildman–Crippen MR) is 65.1 cm³/mol. The summed E-state index contributed by atoms with van der Waals surface area (Å²) in [7, 11) is -0.542. The van der Waals surface area contributed by atoms with Gasteiger partial charge < -0.3 is 0 Å². The molecule has 0 bridgehead atoms. The molecule has 1 heterocycles. The van der Waals surface area contributed by atoms with E-state index in [-0.39, 0.29) is 0 Å². The van der Waals surface area contributed by atoms with E-state index >= 15 is 0 Å². The summed E-state index contributed by atoms with van der Waals surface area (Å²) in [6.07, 6.45) is 0. The minimum atomic E-state index is -0.542. The highest BCUT2D eigenvalue weighted by Gasteiger charge is 2.20. The first-order valence-corrected chi connectivity index (χ1v) is 6.85. The van der Waals surface area contributed by atoms with Crippen molar-refractivity contribution in [2.75, 3.05) is 0 Å².